The van der Waals surface area contributed by atoms with Crippen molar-refractivity contribution in [2.24, 2.45) is 0 Å². The molecule has 1 unspecified atom stereocenters. The summed E-state index contributed by atoms with van der Waals surface area (Å²) in [5.41, 5.74) is 1.08. The Hall–Kier alpha value is -1.58. The zero-order valence-electron chi connectivity index (χ0n) is 9.89. The van der Waals surface area contributed by atoms with Crippen molar-refractivity contribution in [3.8, 4) is 11.3 Å². The number of furan rings is 1. The van der Waals surface area contributed by atoms with Gasteiger partial charge in [-0.3, -0.25) is 0 Å². The van der Waals surface area contributed by atoms with Gasteiger partial charge in [0.15, 0.2) is 0 Å². The van der Waals surface area contributed by atoms with Crippen LogP contribution in [0.15, 0.2) is 46.9 Å². The van der Waals surface area contributed by atoms with Crippen LogP contribution in [0, 0.1) is 0 Å². The van der Waals surface area contributed by atoms with E-state index in [2.05, 4.69) is 5.32 Å². The van der Waals surface area contributed by atoms with Gasteiger partial charge in [-0.25, -0.2) is 0 Å². The van der Waals surface area contributed by atoms with E-state index >= 15 is 0 Å². The number of hydrogen-bond acceptors (Lipinski definition) is 3. The van der Waals surface area contributed by atoms with Gasteiger partial charge in [0, 0.05) is 12.1 Å². The average molecular weight is 231 g/mol. The molecule has 90 valence electrons. The molecule has 1 atom stereocenters. The highest BCUT2D eigenvalue weighted by atomic mass is 16.3. The standard InChI is InChI=1S/C14H17NO2/c1-11(16)9-15-10-13-7-8-14(17-13)12-5-3-2-4-6-12/h2-8,11,15-16H,9-10H2,1H3. The molecule has 1 heterocycles. The van der Waals surface area contributed by atoms with E-state index < -0.39 is 0 Å². The van der Waals surface area contributed by atoms with E-state index in [4.69, 9.17) is 9.52 Å². The molecule has 0 radical (unpaired) electrons. The zero-order valence-corrected chi connectivity index (χ0v) is 9.89. The topological polar surface area (TPSA) is 45.4 Å². The lowest BCUT2D eigenvalue weighted by Gasteiger charge is -2.04. The predicted octanol–water partition coefficient (Wildman–Crippen LogP) is 2.42. The van der Waals surface area contributed by atoms with E-state index in [0.717, 1.165) is 17.1 Å². The molecular weight excluding hydrogens is 214 g/mol. The molecule has 0 amide bonds. The van der Waals surface area contributed by atoms with Gasteiger partial charge in [0.05, 0.1) is 12.6 Å². The summed E-state index contributed by atoms with van der Waals surface area (Å²) in [4.78, 5) is 0. The summed E-state index contributed by atoms with van der Waals surface area (Å²) in [6.07, 6.45) is -0.335. The monoisotopic (exact) mass is 231 g/mol. The summed E-state index contributed by atoms with van der Waals surface area (Å²) in [5, 5.41) is 12.2. The third-order valence-electron chi connectivity index (χ3n) is 2.46. The number of aliphatic hydroxyl groups is 1. The largest absolute Gasteiger partial charge is 0.460 e. The Kier molecular flexibility index (Phi) is 3.96. The highest BCUT2D eigenvalue weighted by molar-refractivity contribution is 5.57. The predicted molar refractivity (Wildman–Crippen MR) is 67.5 cm³/mol. The summed E-state index contributed by atoms with van der Waals surface area (Å²) in [7, 11) is 0. The highest BCUT2D eigenvalue weighted by Crippen LogP contribution is 2.21. The summed E-state index contributed by atoms with van der Waals surface area (Å²) in [6.45, 7) is 2.96. The Labute approximate surface area is 101 Å². The summed E-state index contributed by atoms with van der Waals surface area (Å²) in [6, 6.07) is 13.9. The third kappa shape index (κ3) is 3.44. The van der Waals surface area contributed by atoms with Crippen molar-refractivity contribution in [1.82, 2.24) is 5.32 Å². The Morgan fingerprint density at radius 1 is 1.18 bits per heavy atom. The molecule has 17 heavy (non-hydrogen) atoms. The van der Waals surface area contributed by atoms with Crippen LogP contribution in [0.4, 0.5) is 0 Å². The molecule has 0 saturated carbocycles. The fourth-order valence-corrected chi connectivity index (χ4v) is 1.63. The van der Waals surface area contributed by atoms with E-state index in [1.807, 2.05) is 42.5 Å². The molecule has 0 saturated heterocycles. The van der Waals surface area contributed by atoms with Gasteiger partial charge >= 0.3 is 0 Å². The van der Waals surface area contributed by atoms with Crippen LogP contribution in [-0.2, 0) is 6.54 Å². The average Bonchev–Trinajstić information content (AvgIpc) is 2.78. The summed E-state index contributed by atoms with van der Waals surface area (Å²) in [5.74, 6) is 1.75. The van der Waals surface area contributed by atoms with Gasteiger partial charge in [0.25, 0.3) is 0 Å². The fourth-order valence-electron chi connectivity index (χ4n) is 1.63. The molecular formula is C14H17NO2. The molecule has 0 fully saturated rings. The minimum absolute atomic E-state index is 0.335. The van der Waals surface area contributed by atoms with Crippen LogP contribution in [0.3, 0.4) is 0 Å². The normalized spacial score (nSPS) is 12.6. The Balaban J connectivity index is 1.97. The van der Waals surface area contributed by atoms with Crippen molar-refractivity contribution < 1.29 is 9.52 Å². The molecule has 0 spiro atoms. The zero-order chi connectivity index (χ0) is 12.1. The molecule has 0 aliphatic rings. The van der Waals surface area contributed by atoms with Crippen molar-refractivity contribution in [2.75, 3.05) is 6.54 Å². The molecule has 1 aromatic carbocycles. The lowest BCUT2D eigenvalue weighted by atomic mass is 10.2. The quantitative estimate of drug-likeness (QED) is 0.830. The van der Waals surface area contributed by atoms with E-state index in [0.29, 0.717) is 13.1 Å². The van der Waals surface area contributed by atoms with Gasteiger partial charge < -0.3 is 14.8 Å². The van der Waals surface area contributed by atoms with E-state index in [-0.39, 0.29) is 6.10 Å². The fraction of sp³-hybridized carbons (Fsp3) is 0.286. The first-order valence-electron chi connectivity index (χ1n) is 5.78. The summed E-state index contributed by atoms with van der Waals surface area (Å²) < 4.78 is 5.71. The molecule has 2 N–H and O–H groups in total. The van der Waals surface area contributed by atoms with Crippen LogP contribution in [0.1, 0.15) is 12.7 Å². The summed E-state index contributed by atoms with van der Waals surface area (Å²) >= 11 is 0. The molecule has 2 rings (SSSR count). The number of nitrogens with one attached hydrogen (secondary N) is 1. The lowest BCUT2D eigenvalue weighted by Crippen LogP contribution is -2.23. The van der Waals surface area contributed by atoms with Gasteiger partial charge in [-0.1, -0.05) is 30.3 Å². The minimum Gasteiger partial charge on any atom is -0.460 e. The van der Waals surface area contributed by atoms with E-state index in [1.54, 1.807) is 6.92 Å². The van der Waals surface area contributed by atoms with Gasteiger partial charge in [-0.15, -0.1) is 0 Å². The van der Waals surface area contributed by atoms with Gasteiger partial charge in [-0.05, 0) is 19.1 Å². The van der Waals surface area contributed by atoms with Crippen molar-refractivity contribution >= 4 is 0 Å². The second kappa shape index (κ2) is 5.66. The second-order valence-electron chi connectivity index (χ2n) is 4.11. The van der Waals surface area contributed by atoms with Crippen molar-refractivity contribution in [3.63, 3.8) is 0 Å². The number of rotatable bonds is 5. The molecule has 3 heteroatoms. The van der Waals surface area contributed by atoms with Crippen LogP contribution in [0.2, 0.25) is 0 Å². The molecule has 0 aliphatic carbocycles. The van der Waals surface area contributed by atoms with Gasteiger partial charge in [0.1, 0.15) is 11.5 Å². The maximum Gasteiger partial charge on any atom is 0.134 e. The van der Waals surface area contributed by atoms with Crippen molar-refractivity contribution in [2.45, 2.75) is 19.6 Å². The van der Waals surface area contributed by atoms with Crippen LogP contribution < -0.4 is 5.32 Å². The molecule has 3 nitrogen and oxygen atoms in total. The Bertz CT molecular complexity index is 448. The minimum atomic E-state index is -0.335. The molecule has 1 aromatic heterocycles. The first-order chi connectivity index (χ1) is 8.25. The van der Waals surface area contributed by atoms with E-state index in [1.165, 1.54) is 0 Å². The van der Waals surface area contributed by atoms with Crippen LogP contribution >= 0.6 is 0 Å². The van der Waals surface area contributed by atoms with Crippen LogP contribution in [0.5, 0.6) is 0 Å². The van der Waals surface area contributed by atoms with Crippen molar-refractivity contribution in [1.29, 1.82) is 0 Å². The van der Waals surface area contributed by atoms with Gasteiger partial charge in [0.2, 0.25) is 0 Å². The van der Waals surface area contributed by atoms with Crippen LogP contribution in [0.25, 0.3) is 11.3 Å². The highest BCUT2D eigenvalue weighted by Gasteiger charge is 2.04. The van der Waals surface area contributed by atoms with Crippen molar-refractivity contribution in [3.05, 3.63) is 48.2 Å². The first kappa shape index (κ1) is 11.9. The van der Waals surface area contributed by atoms with Gasteiger partial charge in [-0.2, -0.15) is 0 Å². The van der Waals surface area contributed by atoms with E-state index in [9.17, 15) is 0 Å². The SMILES string of the molecule is CC(O)CNCc1ccc(-c2ccccc2)o1. The number of aliphatic hydroxyl groups excluding tert-OH is 1. The number of benzene rings is 1. The molecule has 2 aromatic rings. The second-order valence-corrected chi connectivity index (χ2v) is 4.11. The maximum atomic E-state index is 9.12. The Morgan fingerprint density at radius 3 is 2.65 bits per heavy atom. The first-order valence-corrected chi connectivity index (χ1v) is 5.78. The molecule has 0 bridgehead atoms. The lowest BCUT2D eigenvalue weighted by molar-refractivity contribution is 0.190. The number of hydrogen-bond donors (Lipinski definition) is 2. The Morgan fingerprint density at radius 2 is 1.94 bits per heavy atom. The van der Waals surface area contributed by atoms with Crippen LogP contribution in [-0.4, -0.2) is 17.8 Å². The maximum absolute atomic E-state index is 9.12. The molecule has 0 aliphatic heterocycles. The smallest absolute Gasteiger partial charge is 0.134 e. The third-order valence-corrected chi connectivity index (χ3v) is 2.46.